The van der Waals surface area contributed by atoms with Crippen LogP contribution in [0.3, 0.4) is 0 Å². The number of carbonyl (C=O) groups is 1. The third-order valence-electron chi connectivity index (χ3n) is 4.11. The number of hydrogen-bond donors (Lipinski definition) is 1. The lowest BCUT2D eigenvalue weighted by Gasteiger charge is -2.12. The largest absolute Gasteiger partial charge is 0.486 e. The average Bonchev–Trinajstić information content (AvgIpc) is 2.72. The van der Waals surface area contributed by atoms with Crippen LogP contribution in [0, 0.1) is 11.3 Å². The lowest BCUT2D eigenvalue weighted by atomic mass is 10.1. The summed E-state index contributed by atoms with van der Waals surface area (Å²) in [7, 11) is 0. The molecule has 0 aromatic heterocycles. The van der Waals surface area contributed by atoms with E-state index in [0.717, 1.165) is 10.0 Å². The molecule has 0 radical (unpaired) electrons. The first-order chi connectivity index (χ1) is 14.9. The maximum absolute atomic E-state index is 12.5. The number of rotatable bonds is 6. The second-order valence-corrected chi connectivity index (χ2v) is 8.91. The number of benzene rings is 3. The summed E-state index contributed by atoms with van der Waals surface area (Å²) >= 11 is 19.3. The molecule has 4 nitrogen and oxygen atoms in total. The van der Waals surface area contributed by atoms with Crippen LogP contribution in [0.2, 0.25) is 10.0 Å². The molecule has 8 heteroatoms. The lowest BCUT2D eigenvalue weighted by molar-refractivity contribution is -0.112. The summed E-state index contributed by atoms with van der Waals surface area (Å²) in [6.07, 6.45) is 1.46. The first-order valence-electron chi connectivity index (χ1n) is 8.91. The van der Waals surface area contributed by atoms with Crippen molar-refractivity contribution >= 4 is 72.7 Å². The fourth-order valence-electron chi connectivity index (χ4n) is 2.65. The Morgan fingerprint density at radius 2 is 1.84 bits per heavy atom. The molecule has 0 heterocycles. The minimum absolute atomic E-state index is 0.0623. The van der Waals surface area contributed by atoms with E-state index in [4.69, 9.17) is 27.9 Å². The first kappa shape index (κ1) is 23.4. The van der Waals surface area contributed by atoms with Crippen LogP contribution in [0.5, 0.6) is 5.75 Å². The predicted octanol–water partition coefficient (Wildman–Crippen LogP) is 7.64. The van der Waals surface area contributed by atoms with Gasteiger partial charge in [0.25, 0.3) is 5.91 Å². The van der Waals surface area contributed by atoms with Crippen molar-refractivity contribution in [2.45, 2.75) is 6.61 Å². The maximum Gasteiger partial charge on any atom is 0.266 e. The van der Waals surface area contributed by atoms with Crippen LogP contribution in [0.1, 0.15) is 11.1 Å². The van der Waals surface area contributed by atoms with Crippen molar-refractivity contribution in [3.05, 3.63) is 96.4 Å². The fraction of sp³-hybridized carbons (Fsp3) is 0.0435. The van der Waals surface area contributed by atoms with Gasteiger partial charge in [0.15, 0.2) is 5.75 Å². The van der Waals surface area contributed by atoms with E-state index in [1.807, 2.05) is 30.3 Å². The third-order valence-corrected chi connectivity index (χ3v) is 5.84. The van der Waals surface area contributed by atoms with Gasteiger partial charge in [-0.3, -0.25) is 4.79 Å². The van der Waals surface area contributed by atoms with E-state index >= 15 is 0 Å². The van der Waals surface area contributed by atoms with E-state index in [9.17, 15) is 10.1 Å². The Morgan fingerprint density at radius 3 is 2.52 bits per heavy atom. The molecule has 0 aliphatic rings. The molecule has 0 saturated heterocycles. The summed E-state index contributed by atoms with van der Waals surface area (Å²) in [6.45, 7) is 0.242. The van der Waals surface area contributed by atoms with Crippen LogP contribution in [0.15, 0.2) is 75.2 Å². The fourth-order valence-corrected chi connectivity index (χ4v) is 4.22. The zero-order valence-corrected chi connectivity index (χ0v) is 20.5. The van der Waals surface area contributed by atoms with Gasteiger partial charge in [-0.05, 0) is 64.0 Å². The van der Waals surface area contributed by atoms with Gasteiger partial charge in [0.2, 0.25) is 0 Å². The molecule has 0 fully saturated rings. The Labute approximate surface area is 206 Å². The summed E-state index contributed by atoms with van der Waals surface area (Å²) in [5.74, 6) is -0.0808. The van der Waals surface area contributed by atoms with Gasteiger partial charge in [0.05, 0.1) is 9.50 Å². The molecule has 0 bridgehead atoms. The predicted molar refractivity (Wildman–Crippen MR) is 131 cm³/mol. The summed E-state index contributed by atoms with van der Waals surface area (Å²) in [5.41, 5.74) is 1.91. The molecule has 3 aromatic rings. The van der Waals surface area contributed by atoms with Gasteiger partial charge in [0, 0.05) is 20.7 Å². The lowest BCUT2D eigenvalue weighted by Crippen LogP contribution is -2.13. The monoisotopic (exact) mass is 578 g/mol. The number of nitrogens with zero attached hydrogens (tertiary/aromatic N) is 1. The minimum atomic E-state index is -0.521. The number of hydrogen-bond acceptors (Lipinski definition) is 3. The Hall–Kier alpha value is -2.30. The number of nitriles is 1. The second-order valence-electron chi connectivity index (χ2n) is 6.33. The highest BCUT2D eigenvalue weighted by atomic mass is 79.9. The van der Waals surface area contributed by atoms with Crippen molar-refractivity contribution in [3.8, 4) is 11.8 Å². The first-order valence-corrected chi connectivity index (χ1v) is 11.3. The summed E-state index contributed by atoms with van der Waals surface area (Å²) < 4.78 is 7.23. The highest BCUT2D eigenvalue weighted by Gasteiger charge is 2.13. The Morgan fingerprint density at radius 1 is 1.06 bits per heavy atom. The van der Waals surface area contributed by atoms with Crippen LogP contribution < -0.4 is 10.1 Å². The minimum Gasteiger partial charge on any atom is -0.486 e. The third kappa shape index (κ3) is 6.34. The van der Waals surface area contributed by atoms with Gasteiger partial charge in [-0.2, -0.15) is 5.26 Å². The van der Waals surface area contributed by atoms with Gasteiger partial charge in [0.1, 0.15) is 18.2 Å². The van der Waals surface area contributed by atoms with E-state index in [0.29, 0.717) is 31.5 Å². The molecule has 3 rings (SSSR count). The molecule has 0 saturated carbocycles. The van der Waals surface area contributed by atoms with Crippen molar-refractivity contribution in [1.29, 1.82) is 5.26 Å². The quantitative estimate of drug-likeness (QED) is 0.241. The average molecular weight is 581 g/mol. The van der Waals surface area contributed by atoms with E-state index in [1.54, 1.807) is 36.4 Å². The summed E-state index contributed by atoms with van der Waals surface area (Å²) in [4.78, 5) is 12.5. The Kier molecular flexibility index (Phi) is 8.16. The zero-order valence-electron chi connectivity index (χ0n) is 15.8. The molecule has 0 aliphatic carbocycles. The van der Waals surface area contributed by atoms with Crippen LogP contribution in [0.4, 0.5) is 5.69 Å². The molecule has 156 valence electrons. The van der Waals surface area contributed by atoms with Gasteiger partial charge < -0.3 is 10.1 Å². The van der Waals surface area contributed by atoms with E-state index in [-0.39, 0.29) is 12.2 Å². The molecular weight excluding hydrogens is 567 g/mol. The molecular formula is C23H14Br2Cl2N2O2. The molecule has 3 aromatic carbocycles. The van der Waals surface area contributed by atoms with E-state index in [2.05, 4.69) is 37.2 Å². The molecule has 0 atom stereocenters. The Balaban J connectivity index is 1.78. The highest BCUT2D eigenvalue weighted by molar-refractivity contribution is 9.10. The SMILES string of the molecule is N#C/C(=C/c1cc(Cl)c(OCc2ccccc2Cl)c(Br)c1)C(=O)Nc1cccc(Br)c1. The molecule has 0 aliphatic heterocycles. The van der Waals surface area contributed by atoms with Crippen LogP contribution in [-0.4, -0.2) is 5.91 Å². The normalized spacial score (nSPS) is 11.0. The standard InChI is InChI=1S/C23H14Br2Cl2N2O2/c24-17-5-3-6-18(11-17)29-23(30)16(12-28)8-14-9-19(25)22(21(27)10-14)31-13-15-4-1-2-7-20(15)26/h1-11H,13H2,(H,29,30)/b16-8-. The number of anilines is 1. The molecule has 1 N–H and O–H groups in total. The second kappa shape index (κ2) is 10.8. The zero-order chi connectivity index (χ0) is 22.4. The highest BCUT2D eigenvalue weighted by Crippen LogP contribution is 2.36. The Bertz CT molecular complexity index is 1180. The maximum atomic E-state index is 12.5. The molecule has 0 unspecified atom stereocenters. The van der Waals surface area contributed by atoms with E-state index < -0.39 is 5.91 Å². The number of ether oxygens (including phenoxy) is 1. The van der Waals surface area contributed by atoms with Crippen LogP contribution >= 0.6 is 55.1 Å². The van der Waals surface area contributed by atoms with Gasteiger partial charge in [-0.15, -0.1) is 0 Å². The van der Waals surface area contributed by atoms with Crippen LogP contribution in [-0.2, 0) is 11.4 Å². The van der Waals surface area contributed by atoms with Gasteiger partial charge in [-0.25, -0.2) is 0 Å². The summed E-state index contributed by atoms with van der Waals surface area (Å²) in [5, 5.41) is 13.1. The van der Waals surface area contributed by atoms with Crippen molar-refractivity contribution in [2.75, 3.05) is 5.32 Å². The molecule has 0 spiro atoms. The van der Waals surface area contributed by atoms with Gasteiger partial charge >= 0.3 is 0 Å². The topological polar surface area (TPSA) is 62.1 Å². The number of amides is 1. The summed E-state index contributed by atoms with van der Waals surface area (Å²) in [6, 6.07) is 19.7. The van der Waals surface area contributed by atoms with Crippen molar-refractivity contribution < 1.29 is 9.53 Å². The smallest absolute Gasteiger partial charge is 0.266 e. The molecule has 31 heavy (non-hydrogen) atoms. The van der Waals surface area contributed by atoms with Crippen molar-refractivity contribution in [2.24, 2.45) is 0 Å². The number of halogens is 4. The van der Waals surface area contributed by atoms with Crippen molar-refractivity contribution in [3.63, 3.8) is 0 Å². The van der Waals surface area contributed by atoms with Crippen LogP contribution in [0.25, 0.3) is 6.08 Å². The number of carbonyl (C=O) groups excluding carboxylic acids is 1. The molecule has 1 amide bonds. The van der Waals surface area contributed by atoms with Gasteiger partial charge in [-0.1, -0.05) is 63.4 Å². The van der Waals surface area contributed by atoms with E-state index in [1.165, 1.54) is 6.08 Å². The van der Waals surface area contributed by atoms with Crippen molar-refractivity contribution in [1.82, 2.24) is 0 Å². The number of nitrogens with one attached hydrogen (secondary N) is 1.